The van der Waals surface area contributed by atoms with E-state index in [9.17, 15) is 0 Å². The average molecular weight is 575 g/mol. The molecule has 4 heteroatoms. The minimum atomic E-state index is -2.26. The summed E-state index contributed by atoms with van der Waals surface area (Å²) in [6, 6.07) is 41.1. The van der Waals surface area contributed by atoms with Crippen LogP contribution in [0, 0.1) is 0 Å². The first-order valence-corrected chi connectivity index (χ1v) is 19.3. The van der Waals surface area contributed by atoms with E-state index >= 15 is 0 Å². The molecule has 0 N–H and O–H groups in total. The standard InChI is InChI=1S/C12H10Si.2C9H7.2ClH.Zr/c1-3-7-11(8-4-1)13-12-9-5-2-6-10-12;2*1-2-5-9-7-3-6-8(9)4-1;;;/h1-10H;2*1-7H;2*1H;/q;;;;;+2/p-2. The van der Waals surface area contributed by atoms with Crippen LogP contribution in [0.25, 0.3) is 12.2 Å². The summed E-state index contributed by atoms with van der Waals surface area (Å²) in [5.41, 5.74) is 5.08. The maximum atomic E-state index is 2.56. The van der Waals surface area contributed by atoms with Gasteiger partial charge in [-0.05, 0) is 0 Å². The van der Waals surface area contributed by atoms with Gasteiger partial charge in [0.25, 0.3) is 0 Å². The van der Waals surface area contributed by atoms with Crippen LogP contribution in [0.4, 0.5) is 0 Å². The molecule has 0 radical (unpaired) electrons. The van der Waals surface area contributed by atoms with Crippen molar-refractivity contribution in [2.45, 2.75) is 7.25 Å². The topological polar surface area (TPSA) is 0 Å². The summed E-state index contributed by atoms with van der Waals surface area (Å²) >= 11 is -2.26. The Morgan fingerprint density at radius 3 is 1.29 bits per heavy atom. The van der Waals surface area contributed by atoms with Crippen molar-refractivity contribution < 1.29 is 45.2 Å². The zero-order valence-corrected chi connectivity index (χ0v) is 23.6. The maximum Gasteiger partial charge on any atom is -1.00 e. The van der Waals surface area contributed by atoms with Crippen molar-refractivity contribution in [2.75, 3.05) is 0 Å². The maximum absolute atomic E-state index is 2.56. The molecule has 0 heterocycles. The van der Waals surface area contributed by atoms with Crippen LogP contribution in [-0.4, -0.2) is 5.43 Å². The van der Waals surface area contributed by atoms with Gasteiger partial charge in [0.15, 0.2) is 0 Å². The SMILES string of the molecule is C1=C[CH]([Zr+2]([CH]2C=Cc3ccccc32)=[Si](c2ccccc2)c2ccccc2)c2ccccc21.[Cl-].[Cl-]. The van der Waals surface area contributed by atoms with Gasteiger partial charge in [0.2, 0.25) is 0 Å². The zero-order valence-electron chi connectivity index (χ0n) is 18.6. The van der Waals surface area contributed by atoms with E-state index in [1.54, 1.807) is 21.5 Å². The van der Waals surface area contributed by atoms with Crippen LogP contribution in [0.2, 0.25) is 0 Å². The van der Waals surface area contributed by atoms with Gasteiger partial charge in [0, 0.05) is 0 Å². The van der Waals surface area contributed by atoms with Crippen molar-refractivity contribution in [2.24, 2.45) is 0 Å². The number of rotatable bonds is 4. The molecule has 166 valence electrons. The molecular weight excluding hydrogens is 551 g/mol. The van der Waals surface area contributed by atoms with E-state index in [1.165, 1.54) is 11.1 Å². The third-order valence-electron chi connectivity index (χ3n) is 6.68. The summed E-state index contributed by atoms with van der Waals surface area (Å²) in [5, 5.41) is 3.15. The van der Waals surface area contributed by atoms with Crippen LogP contribution in [0.1, 0.15) is 29.5 Å². The minimum Gasteiger partial charge on any atom is -1.00 e. The van der Waals surface area contributed by atoms with Crippen molar-refractivity contribution in [3.63, 3.8) is 0 Å². The van der Waals surface area contributed by atoms with Gasteiger partial charge in [-0.25, -0.2) is 0 Å². The smallest absolute Gasteiger partial charge is 1.00 e. The Bertz CT molecular complexity index is 1270. The summed E-state index contributed by atoms with van der Waals surface area (Å²) in [6.07, 6.45) is 9.90. The molecule has 2 unspecified atom stereocenters. The molecule has 0 saturated carbocycles. The Labute approximate surface area is 222 Å². The molecule has 4 aromatic carbocycles. The molecule has 0 amide bonds. The first-order chi connectivity index (χ1) is 15.9. The van der Waals surface area contributed by atoms with E-state index in [1.807, 2.05) is 0 Å². The van der Waals surface area contributed by atoms with Gasteiger partial charge in [-0.3, -0.25) is 0 Å². The molecule has 6 rings (SSSR count). The van der Waals surface area contributed by atoms with E-state index in [0.29, 0.717) is 7.25 Å². The molecule has 2 aliphatic rings. The summed E-state index contributed by atoms with van der Waals surface area (Å²) in [4.78, 5) is 0. The molecule has 0 saturated heterocycles. The Kier molecular flexibility index (Phi) is 8.27. The van der Waals surface area contributed by atoms with Gasteiger partial charge >= 0.3 is 199 Å². The van der Waals surface area contributed by atoms with E-state index < -0.39 is 25.8 Å². The van der Waals surface area contributed by atoms with Crippen molar-refractivity contribution in [1.82, 2.24) is 0 Å². The fourth-order valence-electron chi connectivity index (χ4n) is 5.26. The fraction of sp³-hybridized carbons (Fsp3) is 0.0667. The molecule has 0 spiro atoms. The summed E-state index contributed by atoms with van der Waals surface area (Å²) < 4.78 is 1.20. The minimum absolute atomic E-state index is 0. The van der Waals surface area contributed by atoms with Gasteiger partial charge in [-0.15, -0.1) is 0 Å². The molecule has 0 bridgehead atoms. The van der Waals surface area contributed by atoms with Gasteiger partial charge < -0.3 is 24.8 Å². The van der Waals surface area contributed by atoms with E-state index in [2.05, 4.69) is 133 Å². The van der Waals surface area contributed by atoms with Crippen LogP contribution in [0.3, 0.4) is 0 Å². The average Bonchev–Trinajstić information content (AvgIpc) is 3.48. The molecule has 0 aromatic heterocycles. The van der Waals surface area contributed by atoms with Crippen LogP contribution in [0.5, 0.6) is 0 Å². The largest absolute Gasteiger partial charge is 1.00 e. The van der Waals surface area contributed by atoms with E-state index in [4.69, 9.17) is 0 Å². The second-order valence-electron chi connectivity index (χ2n) is 8.49. The summed E-state index contributed by atoms with van der Waals surface area (Å²) in [7, 11) is 0. The number of halogens is 2. The monoisotopic (exact) mass is 572 g/mol. The second kappa shape index (κ2) is 11.2. The van der Waals surface area contributed by atoms with Crippen molar-refractivity contribution >= 4 is 28.0 Å². The van der Waals surface area contributed by atoms with Gasteiger partial charge in [0.1, 0.15) is 0 Å². The molecule has 2 atom stereocenters. The Hall–Kier alpha value is -1.96. The van der Waals surface area contributed by atoms with Crippen molar-refractivity contribution in [3.8, 4) is 0 Å². The van der Waals surface area contributed by atoms with Crippen LogP contribution >= 0.6 is 0 Å². The van der Waals surface area contributed by atoms with Gasteiger partial charge in [-0.2, -0.15) is 0 Å². The summed E-state index contributed by atoms with van der Waals surface area (Å²) in [5.74, 6) is 0. The Morgan fingerprint density at radius 1 is 0.471 bits per heavy atom. The van der Waals surface area contributed by atoms with Crippen LogP contribution in [0.15, 0.2) is 121 Å². The Balaban J connectivity index is 0.00000137. The quantitative estimate of drug-likeness (QED) is 0.300. The zero-order chi connectivity index (χ0) is 21.3. The van der Waals surface area contributed by atoms with E-state index in [-0.39, 0.29) is 24.8 Å². The molecule has 0 nitrogen and oxygen atoms in total. The van der Waals surface area contributed by atoms with Crippen molar-refractivity contribution in [3.05, 3.63) is 144 Å². The number of benzene rings is 4. The predicted molar refractivity (Wildman–Crippen MR) is 134 cm³/mol. The third-order valence-corrected chi connectivity index (χ3v) is 27.0. The summed E-state index contributed by atoms with van der Waals surface area (Å²) in [6.45, 7) is 0. The first kappa shape index (κ1) is 25.1. The molecule has 0 fully saturated rings. The molecule has 2 aliphatic carbocycles. The van der Waals surface area contributed by atoms with Gasteiger partial charge in [-0.1, -0.05) is 0 Å². The van der Waals surface area contributed by atoms with Crippen LogP contribution in [-0.2, 0) is 20.4 Å². The third kappa shape index (κ3) is 4.62. The number of fused-ring (bicyclic) bond motifs is 2. The molecule has 0 aliphatic heterocycles. The number of allylic oxidation sites excluding steroid dienone is 2. The van der Waals surface area contributed by atoms with Crippen LogP contribution < -0.4 is 35.2 Å². The van der Waals surface area contributed by atoms with Gasteiger partial charge in [0.05, 0.1) is 0 Å². The molecule has 34 heavy (non-hydrogen) atoms. The normalized spacial score (nSPS) is 16.4. The fourth-order valence-corrected chi connectivity index (χ4v) is 28.3. The van der Waals surface area contributed by atoms with Crippen molar-refractivity contribution in [1.29, 1.82) is 0 Å². The predicted octanol–water partition coefficient (Wildman–Crippen LogP) is -0.0453. The second-order valence-corrected chi connectivity index (χ2v) is 22.8. The first-order valence-electron chi connectivity index (χ1n) is 11.3. The molecule has 4 aromatic rings. The number of hydrogen-bond acceptors (Lipinski definition) is 0. The Morgan fingerprint density at radius 2 is 0.853 bits per heavy atom. The van der Waals surface area contributed by atoms with E-state index in [0.717, 1.165) is 0 Å². The number of hydrogen-bond donors (Lipinski definition) is 0. The molecular formula is C30H24Cl2SiZr.